The van der Waals surface area contributed by atoms with Crippen molar-refractivity contribution in [1.82, 2.24) is 0 Å². The molecule has 6 atom stereocenters. The topological polar surface area (TPSA) is 119 Å². The number of hydrogen-bond acceptors (Lipinski definition) is 7. The minimum absolute atomic E-state index is 0.0667. The molecule has 2 bridgehead atoms. The highest BCUT2D eigenvalue weighted by atomic mass is 127. The van der Waals surface area contributed by atoms with Crippen molar-refractivity contribution in [1.29, 1.82) is 0 Å². The monoisotopic (exact) mass is 586 g/mol. The molecule has 1 aliphatic heterocycles. The highest BCUT2D eigenvalue weighted by Gasteiger charge is 2.70. The van der Waals surface area contributed by atoms with Gasteiger partial charge in [0.15, 0.2) is 0 Å². The van der Waals surface area contributed by atoms with E-state index in [1.807, 2.05) is 45.2 Å². The summed E-state index contributed by atoms with van der Waals surface area (Å²) in [6.07, 6.45) is -1.96. The molecular weight excluding hydrogens is 574 g/mol. The van der Waals surface area contributed by atoms with Crippen LogP contribution in [0.15, 0.2) is 12.1 Å². The minimum atomic E-state index is -1.08. The Bertz CT molecular complexity index is 825. The first-order valence-corrected chi connectivity index (χ1v) is 9.93. The van der Waals surface area contributed by atoms with Gasteiger partial charge in [0.1, 0.15) is 23.7 Å². The molecule has 3 fully saturated rings. The zero-order chi connectivity index (χ0) is 18.7. The molecule has 0 aromatic heterocycles. The number of carboxylic acid groups (broad SMARTS) is 1. The van der Waals surface area contributed by atoms with Crippen molar-refractivity contribution in [2.45, 2.75) is 18.6 Å². The van der Waals surface area contributed by atoms with Crippen molar-refractivity contribution in [2.75, 3.05) is 0 Å². The lowest BCUT2D eigenvalue weighted by atomic mass is 9.78. The molecule has 1 saturated heterocycles. The van der Waals surface area contributed by atoms with Gasteiger partial charge in [-0.2, -0.15) is 0 Å². The molecule has 0 radical (unpaired) electrons. The Kier molecular flexibility index (Phi) is 4.44. The minimum Gasteiger partial charge on any atom is -0.507 e. The number of carbonyl (C=O) groups excluding carboxylic acids is 2. The average Bonchev–Trinajstić information content (AvgIpc) is 3.16. The molecule has 26 heavy (non-hydrogen) atoms. The standard InChI is InChI=1S/C16H12I2O8/c17-6-3-9(7(18)2-8(6)19)24-16(23)26-13-4-1-5-11(10(4)14(20)21)15(22)25-12(5)13/h2-5,10-13,19H,1H2,(H,20,21). The third kappa shape index (κ3) is 2.72. The summed E-state index contributed by atoms with van der Waals surface area (Å²) in [6, 6.07) is 2.94. The lowest BCUT2D eigenvalue weighted by Gasteiger charge is -2.28. The maximum absolute atomic E-state index is 12.2. The maximum Gasteiger partial charge on any atom is 0.514 e. The highest BCUT2D eigenvalue weighted by Crippen LogP contribution is 2.58. The van der Waals surface area contributed by atoms with E-state index in [2.05, 4.69) is 0 Å². The van der Waals surface area contributed by atoms with E-state index in [9.17, 15) is 24.6 Å². The lowest BCUT2D eigenvalue weighted by Crippen LogP contribution is -2.43. The largest absolute Gasteiger partial charge is 0.514 e. The Labute approximate surface area is 174 Å². The summed E-state index contributed by atoms with van der Waals surface area (Å²) in [5, 5.41) is 19.1. The van der Waals surface area contributed by atoms with E-state index in [1.54, 1.807) is 0 Å². The number of phenolic OH excluding ortho intramolecular Hbond substituents is 1. The van der Waals surface area contributed by atoms with E-state index < -0.39 is 48.1 Å². The highest BCUT2D eigenvalue weighted by molar-refractivity contribution is 14.1. The number of ether oxygens (including phenoxy) is 3. The molecule has 1 heterocycles. The molecule has 2 N–H and O–H groups in total. The SMILES string of the molecule is O=C(Oc1cc(I)c(O)cc1I)OC1C2CC3C1OC(=O)C3C2C(=O)O. The third-order valence-electron chi connectivity index (χ3n) is 5.26. The number of benzene rings is 1. The number of aromatic hydroxyl groups is 1. The van der Waals surface area contributed by atoms with Crippen molar-refractivity contribution < 1.29 is 38.8 Å². The molecular formula is C16H12I2O8. The summed E-state index contributed by atoms with van der Waals surface area (Å²) in [5.41, 5.74) is 0. The van der Waals surface area contributed by atoms with E-state index in [0.29, 0.717) is 13.6 Å². The van der Waals surface area contributed by atoms with Crippen LogP contribution < -0.4 is 4.74 Å². The second kappa shape index (κ2) is 6.39. The molecule has 0 amide bonds. The number of aliphatic carboxylic acids is 1. The second-order valence-electron chi connectivity index (χ2n) is 6.52. The van der Waals surface area contributed by atoms with Gasteiger partial charge in [0.2, 0.25) is 0 Å². The number of carboxylic acids is 1. The van der Waals surface area contributed by atoms with Gasteiger partial charge in [0, 0.05) is 11.8 Å². The number of halogens is 2. The van der Waals surface area contributed by atoms with Crippen LogP contribution in [-0.4, -0.2) is 40.5 Å². The summed E-state index contributed by atoms with van der Waals surface area (Å²) >= 11 is 3.81. The van der Waals surface area contributed by atoms with Crippen LogP contribution >= 0.6 is 45.2 Å². The molecule has 4 rings (SSSR count). The fourth-order valence-corrected chi connectivity index (χ4v) is 5.30. The predicted molar refractivity (Wildman–Crippen MR) is 101 cm³/mol. The number of rotatable bonds is 3. The average molecular weight is 586 g/mol. The van der Waals surface area contributed by atoms with Crippen LogP contribution in [0.2, 0.25) is 0 Å². The number of fused-ring (bicyclic) bond motifs is 1. The van der Waals surface area contributed by atoms with Gasteiger partial charge in [-0.25, -0.2) is 4.79 Å². The predicted octanol–water partition coefficient (Wildman–Crippen LogP) is 2.38. The van der Waals surface area contributed by atoms with Crippen LogP contribution in [0, 0.1) is 30.8 Å². The summed E-state index contributed by atoms with van der Waals surface area (Å²) in [5.74, 6) is -3.58. The number of carbonyl (C=O) groups is 3. The van der Waals surface area contributed by atoms with Crippen molar-refractivity contribution in [3.8, 4) is 11.5 Å². The molecule has 10 heteroatoms. The zero-order valence-electron chi connectivity index (χ0n) is 12.9. The second-order valence-corrected chi connectivity index (χ2v) is 8.85. The third-order valence-corrected chi connectivity index (χ3v) is 6.97. The van der Waals surface area contributed by atoms with Crippen LogP contribution in [0.5, 0.6) is 11.5 Å². The van der Waals surface area contributed by atoms with Crippen LogP contribution in [-0.2, 0) is 19.1 Å². The first kappa shape index (κ1) is 18.1. The van der Waals surface area contributed by atoms with Gasteiger partial charge in [-0.15, -0.1) is 0 Å². The quantitative estimate of drug-likeness (QED) is 0.315. The number of esters is 1. The van der Waals surface area contributed by atoms with Crippen LogP contribution in [0.1, 0.15) is 6.42 Å². The van der Waals surface area contributed by atoms with Crippen molar-refractivity contribution >= 4 is 63.3 Å². The van der Waals surface area contributed by atoms with Gasteiger partial charge in [-0.3, -0.25) is 9.59 Å². The van der Waals surface area contributed by atoms with Gasteiger partial charge in [0.05, 0.1) is 19.0 Å². The summed E-state index contributed by atoms with van der Waals surface area (Å²) in [7, 11) is 0. The van der Waals surface area contributed by atoms with Crippen molar-refractivity contribution in [3.05, 3.63) is 19.3 Å². The fraction of sp³-hybridized carbons (Fsp3) is 0.438. The van der Waals surface area contributed by atoms with Gasteiger partial charge >= 0.3 is 18.1 Å². The summed E-state index contributed by atoms with van der Waals surface area (Å²) in [6.45, 7) is 0. The number of phenols is 1. The Morgan fingerprint density at radius 3 is 2.62 bits per heavy atom. The summed E-state index contributed by atoms with van der Waals surface area (Å²) in [4.78, 5) is 35.7. The van der Waals surface area contributed by atoms with Gasteiger partial charge in [0.25, 0.3) is 0 Å². The first-order chi connectivity index (χ1) is 12.3. The van der Waals surface area contributed by atoms with Crippen LogP contribution in [0.4, 0.5) is 4.79 Å². The molecule has 138 valence electrons. The van der Waals surface area contributed by atoms with Crippen molar-refractivity contribution in [3.63, 3.8) is 0 Å². The zero-order valence-corrected chi connectivity index (χ0v) is 17.2. The Hall–Kier alpha value is -1.31. The molecule has 1 aromatic carbocycles. The van der Waals surface area contributed by atoms with Crippen LogP contribution in [0.3, 0.4) is 0 Å². The normalized spacial score (nSPS) is 33.8. The maximum atomic E-state index is 12.2. The first-order valence-electron chi connectivity index (χ1n) is 7.77. The smallest absolute Gasteiger partial charge is 0.507 e. The van der Waals surface area contributed by atoms with E-state index >= 15 is 0 Å². The molecule has 1 aromatic rings. The Morgan fingerprint density at radius 1 is 1.19 bits per heavy atom. The molecule has 6 unspecified atom stereocenters. The van der Waals surface area contributed by atoms with E-state index in [1.165, 1.54) is 12.1 Å². The molecule has 8 nitrogen and oxygen atoms in total. The van der Waals surface area contributed by atoms with Gasteiger partial charge in [-0.05, 0) is 63.7 Å². The lowest BCUT2D eigenvalue weighted by molar-refractivity contribution is -0.151. The number of hydrogen-bond donors (Lipinski definition) is 2. The molecule has 2 aliphatic carbocycles. The van der Waals surface area contributed by atoms with Crippen LogP contribution in [0.25, 0.3) is 0 Å². The Morgan fingerprint density at radius 2 is 1.92 bits per heavy atom. The van der Waals surface area contributed by atoms with Gasteiger partial charge < -0.3 is 24.4 Å². The van der Waals surface area contributed by atoms with Gasteiger partial charge in [-0.1, -0.05) is 0 Å². The van der Waals surface area contributed by atoms with E-state index in [4.69, 9.17) is 14.2 Å². The van der Waals surface area contributed by atoms with E-state index in [0.717, 1.165) is 0 Å². The summed E-state index contributed by atoms with van der Waals surface area (Å²) < 4.78 is 16.9. The molecule has 2 saturated carbocycles. The molecule has 0 spiro atoms. The van der Waals surface area contributed by atoms with E-state index in [-0.39, 0.29) is 17.4 Å². The fourth-order valence-electron chi connectivity index (χ4n) is 4.31. The van der Waals surface area contributed by atoms with Crippen molar-refractivity contribution in [2.24, 2.45) is 23.7 Å². The molecule has 3 aliphatic rings. The Balaban J connectivity index is 1.51.